The average Bonchev–Trinajstić information content (AvgIpc) is 0.804. The molecule has 10 N–H and O–H groups in total. The molecule has 0 heterocycles. The van der Waals surface area contributed by atoms with Gasteiger partial charge in [-0.1, -0.05) is 232 Å². The predicted molar refractivity (Wildman–Crippen MR) is 548 cm³/mol. The summed E-state index contributed by atoms with van der Waals surface area (Å²) >= 11 is 0. The van der Waals surface area contributed by atoms with E-state index in [-0.39, 0.29) is 65.8 Å². The van der Waals surface area contributed by atoms with Crippen LogP contribution in [0.15, 0.2) is 75.2 Å². The molecule has 0 spiro atoms. The molecule has 0 bridgehead atoms. The molecule has 0 aliphatic carbocycles. The quantitative estimate of drug-likeness (QED) is 0.0157. The van der Waals surface area contributed by atoms with E-state index < -0.39 is 86.8 Å². The third-order valence-corrected chi connectivity index (χ3v) is 41.3. The van der Waals surface area contributed by atoms with Crippen LogP contribution in [0.2, 0.25) is 75.5 Å². The van der Waals surface area contributed by atoms with Gasteiger partial charge in [-0.3, -0.25) is 49.9 Å². The minimum absolute atomic E-state index is 0.204. The van der Waals surface area contributed by atoms with Crippen molar-refractivity contribution >= 4 is 94.4 Å². The van der Waals surface area contributed by atoms with E-state index >= 15 is 0 Å². The van der Waals surface area contributed by atoms with E-state index in [0.29, 0.717) is 6.54 Å². The van der Waals surface area contributed by atoms with Gasteiger partial charge in [0, 0.05) is 125 Å². The third kappa shape index (κ3) is 63.3. The monoisotopic (exact) mass is 1760 g/mol. The maximum absolute atomic E-state index is 10.6. The average molecular weight is 1760 g/mol. The predicted octanol–water partition coefficient (Wildman–Crippen LogP) is 21.3. The molecule has 0 fully saturated rings. The summed E-state index contributed by atoms with van der Waals surface area (Å²) < 4.78 is 0. The molecule has 7 unspecified atom stereocenters. The molecular formula is C95H204N10O10Si4. The molecule has 0 aromatic rings. The molecule has 0 saturated carbocycles. The zero-order valence-corrected chi connectivity index (χ0v) is 90.8. The largest absolute Gasteiger partial charge is 0.388 e. The summed E-state index contributed by atoms with van der Waals surface area (Å²) in [5.74, 6) is 1.07. The van der Waals surface area contributed by atoms with Crippen molar-refractivity contribution in [2.24, 2.45) is 79.5 Å². The van der Waals surface area contributed by atoms with Crippen molar-refractivity contribution in [1.29, 1.82) is 0 Å². The van der Waals surface area contributed by atoms with Crippen molar-refractivity contribution in [2.45, 2.75) is 469 Å². The highest BCUT2D eigenvalue weighted by Gasteiger charge is 2.45. The molecule has 0 aliphatic heterocycles. The third-order valence-electron chi connectivity index (χ3n) is 22.3. The first kappa shape index (κ1) is 136. The van der Waals surface area contributed by atoms with Gasteiger partial charge in [0.15, 0.2) is 0 Å². The van der Waals surface area contributed by atoms with Gasteiger partial charge in [-0.25, -0.2) is 0 Å². The highest BCUT2D eigenvalue weighted by molar-refractivity contribution is 6.85. The molecule has 0 radical (unpaired) electrons. The summed E-state index contributed by atoms with van der Waals surface area (Å²) in [6.07, 6.45) is 21.9. The fraction of sp³-hybridized carbons (Fsp3) is 0.853. The number of hydrogen-bond acceptors (Lipinski definition) is 20. The highest BCUT2D eigenvalue weighted by atomic mass is 28.3. The Morgan fingerprint density at radius 2 is 0.479 bits per heavy atom. The van der Waals surface area contributed by atoms with Gasteiger partial charge in [0.05, 0.1) is 58.8 Å². The number of aliphatic imine (C=N–C) groups is 10. The van der Waals surface area contributed by atoms with Gasteiger partial charge in [-0.2, -0.15) is 0 Å². The Hall–Kier alpha value is -3.35. The summed E-state index contributed by atoms with van der Waals surface area (Å²) in [5.41, 5.74) is -4.78. The molecule has 119 heavy (non-hydrogen) atoms. The summed E-state index contributed by atoms with van der Waals surface area (Å²) in [7, 11) is -6.24. The lowest BCUT2D eigenvalue weighted by Gasteiger charge is -2.40. The van der Waals surface area contributed by atoms with Gasteiger partial charge in [-0.15, -0.1) is 0 Å². The first-order chi connectivity index (χ1) is 53.6. The van der Waals surface area contributed by atoms with Crippen LogP contribution in [0.3, 0.4) is 0 Å². The first-order valence-electron chi connectivity index (χ1n) is 45.4. The van der Waals surface area contributed by atoms with E-state index in [4.69, 9.17) is 0 Å². The zero-order valence-electron chi connectivity index (χ0n) is 86.8. The number of aliphatic hydroxyl groups is 10. The van der Waals surface area contributed by atoms with Crippen LogP contribution in [-0.2, 0) is 0 Å². The minimum atomic E-state index is -1.61. The van der Waals surface area contributed by atoms with Crippen molar-refractivity contribution in [3.05, 3.63) is 25.3 Å². The lowest BCUT2D eigenvalue weighted by molar-refractivity contribution is 0.0239. The molecule has 0 rings (SSSR count). The van der Waals surface area contributed by atoms with Crippen LogP contribution < -0.4 is 0 Å². The molecule has 710 valence electrons. The second-order valence-electron chi connectivity index (χ2n) is 38.1. The standard InChI is InChI=1S/C12H27NOSi.C11H25NOSi.C11H23NO.2C10H21NO.C9H21NOSi.C9H19NO.C8H19NOSi.C8H15NO.C7H13NO/c1-7-15(8-2,9-3)12(6,14)10-13-11(4)5;1-6-12-10-11(5,13)14(7-2,8-3)9-4;1-8(2)11(13,9(3)4)7-12-10(5)6;1-6-11-7-10(12,8(2)3)9(4)5;1-6-10(12,8(2)3)7-11-9(4)5;1-8(2)10-7-9(3,11)12(4,5)6;1-5-9(11,6-2)7-10-8(3)4;1-6-9-7-8(2,10)11(3,4)5;1-5-8(4,10)6-9-7(2)3;1-4-7(3,9)6-8-5-2/h10-11,14H,7-9H2,1-6H3;10,13H,6-9H2,1-5H3;7-10,13H,1-6H3;2*7-9,12H,6H2,1-5H3;7-8,11H,1-6H3;7-8,11H,5-6H2,1-4H3;7,10H,6H2,1-5H3;5-7,10H,1H2,2-4H3;4,6,9H,1,5H2,2-3H3. The molecule has 7 atom stereocenters. The van der Waals surface area contributed by atoms with Crippen LogP contribution in [0, 0.1) is 29.6 Å². The molecular weight excluding hydrogens is 1550 g/mol. The van der Waals surface area contributed by atoms with Crippen LogP contribution in [0.4, 0.5) is 0 Å². The first-order valence-corrected chi connectivity index (χ1v) is 57.7. The van der Waals surface area contributed by atoms with E-state index in [2.05, 4.69) is 144 Å². The summed E-state index contributed by atoms with van der Waals surface area (Å²) in [4.78, 5) is 41.5. The van der Waals surface area contributed by atoms with Crippen LogP contribution >= 0.6 is 0 Å². The van der Waals surface area contributed by atoms with E-state index in [9.17, 15) is 51.1 Å². The van der Waals surface area contributed by atoms with E-state index in [1.807, 2.05) is 228 Å². The van der Waals surface area contributed by atoms with Crippen LogP contribution in [-0.4, -0.2) is 262 Å². The second-order valence-corrected chi connectivity index (χ2v) is 60.5. The SMILES string of the molecule is C=CC(C)(O)C=NC(C)C.C=CC(C)(O)C=NCC.CC(C)N=CC(C)(O)[Si](C)(C)C.CC(C)N=CC(O)(C(C)C)C(C)C.CCC(O)(C=NC(C)C)C(C)C.CCC(O)(C=NC(C)C)CC.CCN=CC(C)(O)[Si](C)(C)C.CCN=CC(C)(O)[Si](CC)(CC)CC.CCN=CC(O)(C(C)C)C(C)C.CC[Si](CC)(CC)C(C)(O)C=NC(C)C. The van der Waals surface area contributed by atoms with Crippen molar-refractivity contribution in [3.8, 4) is 0 Å². The summed E-state index contributed by atoms with van der Waals surface area (Å²) in [6, 6.07) is 8.32. The van der Waals surface area contributed by atoms with Gasteiger partial charge in [0.2, 0.25) is 0 Å². The number of nitrogens with zero attached hydrogens (tertiary/aromatic N) is 10. The minimum Gasteiger partial charge on any atom is -0.388 e. The maximum atomic E-state index is 10.6. The van der Waals surface area contributed by atoms with Crippen molar-refractivity contribution in [1.82, 2.24) is 0 Å². The molecule has 20 nitrogen and oxygen atoms in total. The Labute approximate surface area is 741 Å². The Bertz CT molecular complexity index is 2740. The normalized spacial score (nSPS) is 16.6. The number of hydrogen-bond donors (Lipinski definition) is 10. The topological polar surface area (TPSA) is 326 Å². The van der Waals surface area contributed by atoms with Crippen LogP contribution in [0.1, 0.15) is 303 Å². The van der Waals surface area contributed by atoms with Crippen LogP contribution in [0.25, 0.3) is 0 Å². The summed E-state index contributed by atoms with van der Waals surface area (Å²) in [6.45, 7) is 105. The van der Waals surface area contributed by atoms with Crippen LogP contribution in [0.5, 0.6) is 0 Å². The Morgan fingerprint density at radius 1 is 0.261 bits per heavy atom. The molecule has 24 heteroatoms. The van der Waals surface area contributed by atoms with Gasteiger partial charge >= 0.3 is 0 Å². The molecule has 0 aliphatic rings. The van der Waals surface area contributed by atoms with Gasteiger partial charge in [0.25, 0.3) is 0 Å². The maximum Gasteiger partial charge on any atom is 0.114 e. The lowest BCUT2D eigenvalue weighted by atomic mass is 9.81. The van der Waals surface area contributed by atoms with E-state index in [1.165, 1.54) is 24.6 Å². The lowest BCUT2D eigenvalue weighted by Crippen LogP contribution is -2.56. The summed E-state index contributed by atoms with van der Waals surface area (Å²) in [5, 5.41) is 96.9. The highest BCUT2D eigenvalue weighted by Crippen LogP contribution is 2.33. The Morgan fingerprint density at radius 3 is 0.723 bits per heavy atom. The molecule has 0 saturated heterocycles. The van der Waals surface area contributed by atoms with E-state index in [0.717, 1.165) is 75.2 Å². The number of rotatable bonds is 40. The second kappa shape index (κ2) is 67.0. The van der Waals surface area contributed by atoms with Gasteiger partial charge < -0.3 is 51.1 Å². The fourth-order valence-corrected chi connectivity index (χ4v) is 19.1. The molecule has 0 aromatic heterocycles. The smallest absolute Gasteiger partial charge is 0.114 e. The van der Waals surface area contributed by atoms with Crippen molar-refractivity contribution in [2.75, 3.05) is 26.2 Å². The van der Waals surface area contributed by atoms with Gasteiger partial charge in [0.1, 0.15) is 28.0 Å². The Kier molecular flexibility index (Phi) is 76.7. The molecule has 0 amide bonds. The molecule has 0 aromatic carbocycles. The Balaban J connectivity index is -0.000000139. The van der Waals surface area contributed by atoms with Crippen molar-refractivity contribution in [3.63, 3.8) is 0 Å². The van der Waals surface area contributed by atoms with E-state index in [1.54, 1.807) is 63.6 Å². The zero-order chi connectivity index (χ0) is 97.1. The fourth-order valence-electron chi connectivity index (χ4n) is 10.2. The van der Waals surface area contributed by atoms with Gasteiger partial charge in [-0.05, 0) is 201 Å². The van der Waals surface area contributed by atoms with Crippen molar-refractivity contribution < 1.29 is 51.1 Å².